The highest BCUT2D eigenvalue weighted by atomic mass is 32.1. The fraction of sp³-hybridized carbons (Fsp3) is 0.0909. The second kappa shape index (κ2) is 6.21. The summed E-state index contributed by atoms with van der Waals surface area (Å²) < 4.78 is 0. The third-order valence-electron chi connectivity index (χ3n) is 5.06. The number of imide groups is 1. The minimum Gasteiger partial charge on any atom is -0.361 e. The van der Waals surface area contributed by atoms with E-state index >= 15 is 0 Å². The molecule has 0 bridgehead atoms. The summed E-state index contributed by atoms with van der Waals surface area (Å²) in [5.74, 6) is -0.399. The number of aromatic amines is 1. The first kappa shape index (κ1) is 16.0. The Morgan fingerprint density at radius 3 is 2.41 bits per heavy atom. The Bertz CT molecular complexity index is 1140. The summed E-state index contributed by atoms with van der Waals surface area (Å²) in [6, 6.07) is 17.5. The Morgan fingerprint density at radius 1 is 0.926 bits per heavy atom. The first-order chi connectivity index (χ1) is 13.2. The van der Waals surface area contributed by atoms with Crippen LogP contribution in [0, 0.1) is 0 Å². The van der Waals surface area contributed by atoms with Crippen molar-refractivity contribution in [3.05, 3.63) is 82.9 Å². The van der Waals surface area contributed by atoms with Crippen molar-refractivity contribution >= 4 is 34.1 Å². The van der Waals surface area contributed by atoms with Crippen molar-refractivity contribution in [3.63, 3.8) is 0 Å². The lowest BCUT2D eigenvalue weighted by molar-refractivity contribution is 0.0656. The number of nitrogens with zero attached hydrogens (tertiary/aromatic N) is 1. The Kier molecular flexibility index (Phi) is 3.69. The Hall–Kier alpha value is -3.18. The maximum Gasteiger partial charge on any atom is 0.261 e. The first-order valence-corrected chi connectivity index (χ1v) is 9.69. The number of rotatable bonds is 4. The minimum absolute atomic E-state index is 0.199. The van der Waals surface area contributed by atoms with Gasteiger partial charge in [0.05, 0.1) is 11.1 Å². The van der Waals surface area contributed by atoms with E-state index in [-0.39, 0.29) is 11.8 Å². The molecule has 132 valence electrons. The first-order valence-electron chi connectivity index (χ1n) is 8.81. The summed E-state index contributed by atoms with van der Waals surface area (Å²) in [5.41, 5.74) is 4.36. The smallest absolute Gasteiger partial charge is 0.261 e. The van der Waals surface area contributed by atoms with Crippen molar-refractivity contribution in [2.75, 3.05) is 6.54 Å². The van der Waals surface area contributed by atoms with Gasteiger partial charge >= 0.3 is 0 Å². The SMILES string of the molecule is O=C1c2ccccc2C(=O)N1CCc1c[nH]c2ccc(-c3cccs3)cc12. The monoisotopic (exact) mass is 372 g/mol. The fourth-order valence-electron chi connectivity index (χ4n) is 3.66. The van der Waals surface area contributed by atoms with Gasteiger partial charge in [0.2, 0.25) is 0 Å². The van der Waals surface area contributed by atoms with Gasteiger partial charge in [-0.25, -0.2) is 0 Å². The molecule has 1 aliphatic heterocycles. The van der Waals surface area contributed by atoms with E-state index in [1.165, 1.54) is 15.3 Å². The van der Waals surface area contributed by atoms with Gasteiger partial charge in [-0.15, -0.1) is 11.3 Å². The fourth-order valence-corrected chi connectivity index (χ4v) is 4.38. The summed E-state index contributed by atoms with van der Waals surface area (Å²) in [4.78, 5) is 30.9. The predicted octanol–water partition coefficient (Wildman–Crippen LogP) is 4.74. The normalized spacial score (nSPS) is 13.6. The van der Waals surface area contributed by atoms with Crippen LogP contribution in [0.3, 0.4) is 0 Å². The maximum absolute atomic E-state index is 12.5. The number of benzene rings is 2. The van der Waals surface area contributed by atoms with Crippen LogP contribution in [0.4, 0.5) is 0 Å². The van der Waals surface area contributed by atoms with E-state index in [9.17, 15) is 9.59 Å². The molecule has 5 rings (SSSR count). The van der Waals surface area contributed by atoms with Gasteiger partial charge in [0.25, 0.3) is 11.8 Å². The highest BCUT2D eigenvalue weighted by molar-refractivity contribution is 7.13. The van der Waals surface area contributed by atoms with Crippen LogP contribution in [0.5, 0.6) is 0 Å². The van der Waals surface area contributed by atoms with Crippen molar-refractivity contribution in [2.24, 2.45) is 0 Å². The molecule has 1 N–H and O–H groups in total. The number of hydrogen-bond acceptors (Lipinski definition) is 3. The summed E-state index contributed by atoms with van der Waals surface area (Å²) >= 11 is 1.71. The van der Waals surface area contributed by atoms with Gasteiger partial charge in [-0.05, 0) is 53.3 Å². The van der Waals surface area contributed by atoms with E-state index in [0.29, 0.717) is 24.1 Å². The molecule has 2 amide bonds. The number of hydrogen-bond donors (Lipinski definition) is 1. The molecule has 3 heterocycles. The number of fused-ring (bicyclic) bond motifs is 2. The molecule has 27 heavy (non-hydrogen) atoms. The molecule has 0 radical (unpaired) electrons. The molecule has 0 fully saturated rings. The molecule has 0 aliphatic carbocycles. The highest BCUT2D eigenvalue weighted by Gasteiger charge is 2.34. The van der Waals surface area contributed by atoms with Crippen molar-refractivity contribution in [1.29, 1.82) is 0 Å². The van der Waals surface area contributed by atoms with Gasteiger partial charge in [-0.3, -0.25) is 14.5 Å². The van der Waals surface area contributed by atoms with E-state index in [1.807, 2.05) is 12.3 Å². The highest BCUT2D eigenvalue weighted by Crippen LogP contribution is 2.30. The number of aromatic nitrogens is 1. The van der Waals surface area contributed by atoms with Crippen molar-refractivity contribution in [3.8, 4) is 10.4 Å². The van der Waals surface area contributed by atoms with Gasteiger partial charge in [-0.1, -0.05) is 24.3 Å². The average Bonchev–Trinajstić information content (AvgIpc) is 3.41. The van der Waals surface area contributed by atoms with E-state index in [4.69, 9.17) is 0 Å². The van der Waals surface area contributed by atoms with E-state index in [0.717, 1.165) is 16.5 Å². The summed E-state index contributed by atoms with van der Waals surface area (Å²) in [7, 11) is 0. The summed E-state index contributed by atoms with van der Waals surface area (Å²) in [6.07, 6.45) is 2.60. The molecule has 2 aromatic heterocycles. The molecule has 4 nitrogen and oxygen atoms in total. The molecular formula is C22H16N2O2S. The van der Waals surface area contributed by atoms with Crippen LogP contribution in [-0.2, 0) is 6.42 Å². The quantitative estimate of drug-likeness (QED) is 0.526. The van der Waals surface area contributed by atoms with E-state index in [2.05, 4.69) is 34.6 Å². The zero-order chi connectivity index (χ0) is 18.4. The number of carbonyl (C=O) groups excluding carboxylic acids is 2. The average molecular weight is 372 g/mol. The minimum atomic E-state index is -0.199. The second-order valence-electron chi connectivity index (χ2n) is 6.61. The van der Waals surface area contributed by atoms with Crippen LogP contribution in [0.15, 0.2) is 66.2 Å². The number of carbonyl (C=O) groups is 2. The number of thiophene rings is 1. The van der Waals surface area contributed by atoms with E-state index < -0.39 is 0 Å². The molecule has 0 unspecified atom stereocenters. The molecule has 5 heteroatoms. The Morgan fingerprint density at radius 2 is 1.70 bits per heavy atom. The van der Waals surface area contributed by atoms with Crippen molar-refractivity contribution in [2.45, 2.75) is 6.42 Å². The second-order valence-corrected chi connectivity index (χ2v) is 7.56. The third-order valence-corrected chi connectivity index (χ3v) is 5.97. The van der Waals surface area contributed by atoms with E-state index in [1.54, 1.807) is 35.6 Å². The van der Waals surface area contributed by atoms with Gasteiger partial charge in [0.1, 0.15) is 0 Å². The van der Waals surface area contributed by atoms with Gasteiger partial charge < -0.3 is 4.98 Å². The third kappa shape index (κ3) is 2.59. The molecule has 0 saturated heterocycles. The van der Waals surface area contributed by atoms with Crippen LogP contribution < -0.4 is 0 Å². The molecule has 0 saturated carbocycles. The predicted molar refractivity (Wildman–Crippen MR) is 107 cm³/mol. The van der Waals surface area contributed by atoms with Crippen LogP contribution in [0.25, 0.3) is 21.3 Å². The lowest BCUT2D eigenvalue weighted by Gasteiger charge is -2.13. The van der Waals surface area contributed by atoms with Crippen LogP contribution in [0.2, 0.25) is 0 Å². The number of nitrogens with one attached hydrogen (secondary N) is 1. The van der Waals surface area contributed by atoms with Gasteiger partial charge in [-0.2, -0.15) is 0 Å². The van der Waals surface area contributed by atoms with Crippen LogP contribution >= 0.6 is 11.3 Å². The Balaban J connectivity index is 1.42. The van der Waals surface area contributed by atoms with Gasteiger partial charge in [0.15, 0.2) is 0 Å². The standard InChI is InChI=1S/C22H16N2O2S/c25-21-16-4-1-2-5-17(16)22(26)24(21)10-9-15-13-23-19-8-7-14(12-18(15)19)20-6-3-11-27-20/h1-8,11-13,23H,9-10H2. The van der Waals surface area contributed by atoms with Crippen LogP contribution in [0.1, 0.15) is 26.3 Å². The molecular weight excluding hydrogens is 356 g/mol. The molecule has 0 spiro atoms. The zero-order valence-electron chi connectivity index (χ0n) is 14.4. The summed E-state index contributed by atoms with van der Waals surface area (Å²) in [5, 5.41) is 3.21. The molecule has 4 aromatic rings. The Labute approximate surface area is 160 Å². The van der Waals surface area contributed by atoms with Gasteiger partial charge in [0, 0.05) is 28.5 Å². The lowest BCUT2D eigenvalue weighted by Crippen LogP contribution is -2.31. The summed E-state index contributed by atoms with van der Waals surface area (Å²) in [6.45, 7) is 0.378. The molecule has 1 aliphatic rings. The van der Waals surface area contributed by atoms with Crippen LogP contribution in [-0.4, -0.2) is 28.2 Å². The molecule has 2 aromatic carbocycles. The number of H-pyrrole nitrogens is 1. The topological polar surface area (TPSA) is 53.2 Å². The van der Waals surface area contributed by atoms with Crippen molar-refractivity contribution < 1.29 is 9.59 Å². The maximum atomic E-state index is 12.5. The van der Waals surface area contributed by atoms with Crippen molar-refractivity contribution in [1.82, 2.24) is 9.88 Å². The largest absolute Gasteiger partial charge is 0.361 e. The zero-order valence-corrected chi connectivity index (χ0v) is 15.3. The molecule has 0 atom stereocenters. The lowest BCUT2D eigenvalue weighted by atomic mass is 10.1. The number of amides is 2.